The van der Waals surface area contributed by atoms with Crippen molar-refractivity contribution < 1.29 is 24.1 Å². The molecule has 0 aliphatic carbocycles. The minimum absolute atomic E-state index is 0.322. The molecule has 5 heteroatoms. The van der Waals surface area contributed by atoms with Crippen LogP contribution in [0.3, 0.4) is 0 Å². The van der Waals surface area contributed by atoms with Gasteiger partial charge in [0.2, 0.25) is 0 Å². The van der Waals surface area contributed by atoms with Gasteiger partial charge in [-0.25, -0.2) is 9.59 Å². The van der Waals surface area contributed by atoms with Crippen molar-refractivity contribution in [1.82, 2.24) is 0 Å². The van der Waals surface area contributed by atoms with Crippen LogP contribution in [0.15, 0.2) is 11.6 Å². The van der Waals surface area contributed by atoms with Gasteiger partial charge in [-0.3, -0.25) is 4.89 Å². The molecule has 0 fully saturated rings. The molecule has 0 aromatic heterocycles. The molecule has 0 aliphatic rings. The van der Waals surface area contributed by atoms with Crippen LogP contribution < -0.4 is 0 Å². The lowest BCUT2D eigenvalue weighted by atomic mass is 10.3. The first kappa shape index (κ1) is 10.6. The van der Waals surface area contributed by atoms with Crippen molar-refractivity contribution >= 4 is 12.1 Å². The summed E-state index contributed by atoms with van der Waals surface area (Å²) in [4.78, 5) is 29.1. The van der Waals surface area contributed by atoms with Crippen molar-refractivity contribution in [1.29, 1.82) is 0 Å². The van der Waals surface area contributed by atoms with Gasteiger partial charge in [-0.1, -0.05) is 6.08 Å². The zero-order valence-electron chi connectivity index (χ0n) is 7.12. The van der Waals surface area contributed by atoms with Crippen molar-refractivity contribution in [3.05, 3.63) is 11.6 Å². The third-order valence-electron chi connectivity index (χ3n) is 1.08. The molecule has 0 spiro atoms. The standard InChI is InChI=1S/C7H10O5/c1-4-5(2)6(8)11-7(9)12-10-3/h4H,1-3H3/b5-4+. The highest BCUT2D eigenvalue weighted by Gasteiger charge is 2.12. The second kappa shape index (κ2) is 5.31. The van der Waals surface area contributed by atoms with Crippen molar-refractivity contribution in [3.8, 4) is 0 Å². The molecular formula is C7H10O5. The van der Waals surface area contributed by atoms with Gasteiger partial charge in [0, 0.05) is 5.57 Å². The fraction of sp³-hybridized carbons (Fsp3) is 0.429. The second-order valence-electron chi connectivity index (χ2n) is 1.86. The molecule has 0 radical (unpaired) electrons. The summed E-state index contributed by atoms with van der Waals surface area (Å²) < 4.78 is 4.15. The zero-order valence-corrected chi connectivity index (χ0v) is 7.12. The van der Waals surface area contributed by atoms with Crippen molar-refractivity contribution in [2.45, 2.75) is 13.8 Å². The normalized spacial score (nSPS) is 10.8. The number of rotatable bonds is 2. The van der Waals surface area contributed by atoms with Gasteiger partial charge in [0.05, 0.1) is 7.11 Å². The number of carbonyl (C=O) groups is 2. The summed E-state index contributed by atoms with van der Waals surface area (Å²) in [6.45, 7) is 3.17. The highest BCUT2D eigenvalue weighted by molar-refractivity contribution is 5.93. The predicted molar refractivity (Wildman–Crippen MR) is 39.0 cm³/mol. The molecule has 0 heterocycles. The molecular weight excluding hydrogens is 164 g/mol. The molecule has 0 aromatic rings. The summed E-state index contributed by atoms with van der Waals surface area (Å²) in [5, 5.41) is 0. The first-order valence-corrected chi connectivity index (χ1v) is 3.21. The van der Waals surface area contributed by atoms with Crippen molar-refractivity contribution in [2.24, 2.45) is 0 Å². The number of hydrogen-bond acceptors (Lipinski definition) is 5. The van der Waals surface area contributed by atoms with E-state index in [1.807, 2.05) is 0 Å². The molecule has 0 unspecified atom stereocenters. The van der Waals surface area contributed by atoms with E-state index in [1.165, 1.54) is 13.0 Å². The zero-order chi connectivity index (χ0) is 9.56. The number of ether oxygens (including phenoxy) is 1. The average molecular weight is 174 g/mol. The van der Waals surface area contributed by atoms with Crippen molar-refractivity contribution in [2.75, 3.05) is 7.11 Å². The Balaban J connectivity index is 3.93. The van der Waals surface area contributed by atoms with Gasteiger partial charge in [0.25, 0.3) is 0 Å². The van der Waals surface area contributed by atoms with Gasteiger partial charge >= 0.3 is 12.1 Å². The summed E-state index contributed by atoms with van der Waals surface area (Å²) in [6, 6.07) is 0. The summed E-state index contributed by atoms with van der Waals surface area (Å²) in [5.41, 5.74) is 0.322. The number of allylic oxidation sites excluding steroid dienone is 1. The van der Waals surface area contributed by atoms with Crippen LogP contribution in [0.25, 0.3) is 0 Å². The Bertz CT molecular complexity index is 206. The molecule has 0 N–H and O–H groups in total. The topological polar surface area (TPSA) is 61.8 Å². The summed E-state index contributed by atoms with van der Waals surface area (Å²) in [6.07, 6.45) is 0.339. The van der Waals surface area contributed by atoms with E-state index in [1.54, 1.807) is 6.92 Å². The first-order chi connectivity index (χ1) is 5.61. The first-order valence-electron chi connectivity index (χ1n) is 3.21. The molecule has 68 valence electrons. The Morgan fingerprint density at radius 3 is 2.33 bits per heavy atom. The summed E-state index contributed by atoms with van der Waals surface area (Å²) in [5.74, 6) is -0.750. The van der Waals surface area contributed by atoms with E-state index in [9.17, 15) is 9.59 Å². The quantitative estimate of drug-likeness (QED) is 0.207. The third-order valence-corrected chi connectivity index (χ3v) is 1.08. The maximum absolute atomic E-state index is 10.8. The van der Waals surface area contributed by atoms with E-state index in [0.717, 1.165) is 7.11 Å². The smallest absolute Gasteiger partial charge is 0.355 e. The van der Waals surface area contributed by atoms with Gasteiger partial charge in [0.15, 0.2) is 0 Å². The molecule has 0 amide bonds. The van der Waals surface area contributed by atoms with Gasteiger partial charge in [-0.05, 0) is 13.8 Å². The van der Waals surface area contributed by atoms with Crippen molar-refractivity contribution in [3.63, 3.8) is 0 Å². The lowest BCUT2D eigenvalue weighted by Crippen LogP contribution is -2.13. The summed E-state index contributed by atoms with van der Waals surface area (Å²) >= 11 is 0. The molecule has 5 nitrogen and oxygen atoms in total. The van der Waals surface area contributed by atoms with Gasteiger partial charge < -0.3 is 4.74 Å². The van der Waals surface area contributed by atoms with Gasteiger partial charge in [-0.2, -0.15) is 4.89 Å². The Kier molecular flexibility index (Phi) is 4.71. The summed E-state index contributed by atoms with van der Waals surface area (Å²) in [7, 11) is 1.13. The minimum atomic E-state index is -1.18. The van der Waals surface area contributed by atoms with Crippen LogP contribution in [0.1, 0.15) is 13.8 Å². The SMILES string of the molecule is C/C=C(\C)C(=O)OC(=O)OOC. The lowest BCUT2D eigenvalue weighted by molar-refractivity contribution is -0.230. The molecule has 0 aliphatic heterocycles. The van der Waals surface area contributed by atoms with Crippen LogP contribution >= 0.6 is 0 Å². The molecule has 0 bridgehead atoms. The van der Waals surface area contributed by atoms with E-state index in [-0.39, 0.29) is 0 Å². The largest absolute Gasteiger partial charge is 0.548 e. The maximum Gasteiger partial charge on any atom is 0.548 e. The molecule has 0 rings (SSSR count). The molecule has 12 heavy (non-hydrogen) atoms. The van der Waals surface area contributed by atoms with Crippen LogP contribution in [0, 0.1) is 0 Å². The molecule has 0 saturated carbocycles. The van der Waals surface area contributed by atoms with Crippen LogP contribution in [-0.4, -0.2) is 19.2 Å². The Morgan fingerprint density at radius 1 is 1.33 bits per heavy atom. The van der Waals surface area contributed by atoms with Gasteiger partial charge in [-0.15, -0.1) is 0 Å². The predicted octanol–water partition coefficient (Wildman–Crippen LogP) is 1.19. The highest BCUT2D eigenvalue weighted by atomic mass is 17.2. The Hall–Kier alpha value is -1.36. The average Bonchev–Trinajstić information content (AvgIpc) is 2.03. The van der Waals surface area contributed by atoms with Crippen LogP contribution in [-0.2, 0) is 19.3 Å². The second-order valence-corrected chi connectivity index (χ2v) is 1.86. The van der Waals surface area contributed by atoms with E-state index in [2.05, 4.69) is 14.5 Å². The Labute approximate surface area is 69.8 Å². The monoisotopic (exact) mass is 174 g/mol. The van der Waals surface area contributed by atoms with E-state index >= 15 is 0 Å². The van der Waals surface area contributed by atoms with E-state index < -0.39 is 12.1 Å². The number of hydrogen-bond donors (Lipinski definition) is 0. The molecule has 0 atom stereocenters. The fourth-order valence-corrected chi connectivity index (χ4v) is 0.359. The highest BCUT2D eigenvalue weighted by Crippen LogP contribution is 1.97. The Morgan fingerprint density at radius 2 is 1.92 bits per heavy atom. The minimum Gasteiger partial charge on any atom is -0.355 e. The molecule has 0 aromatic carbocycles. The number of carbonyl (C=O) groups excluding carboxylic acids is 2. The molecule has 0 saturated heterocycles. The van der Waals surface area contributed by atoms with E-state index in [0.29, 0.717) is 5.57 Å². The lowest BCUT2D eigenvalue weighted by Gasteiger charge is -1.99. The van der Waals surface area contributed by atoms with Crippen LogP contribution in [0.2, 0.25) is 0 Å². The third kappa shape index (κ3) is 3.72. The van der Waals surface area contributed by atoms with Crippen LogP contribution in [0.4, 0.5) is 4.79 Å². The fourth-order valence-electron chi connectivity index (χ4n) is 0.359. The maximum atomic E-state index is 10.8. The van der Waals surface area contributed by atoms with E-state index in [4.69, 9.17) is 0 Å². The number of esters is 1. The van der Waals surface area contributed by atoms with Crippen LogP contribution in [0.5, 0.6) is 0 Å². The van der Waals surface area contributed by atoms with Gasteiger partial charge in [0.1, 0.15) is 0 Å².